The van der Waals surface area contributed by atoms with E-state index in [1.807, 2.05) is 13.8 Å². The van der Waals surface area contributed by atoms with Gasteiger partial charge in [0.1, 0.15) is 17.4 Å². The van der Waals surface area contributed by atoms with Crippen molar-refractivity contribution in [3.8, 4) is 0 Å². The van der Waals surface area contributed by atoms with E-state index in [4.69, 9.17) is 0 Å². The monoisotopic (exact) mass is 293 g/mol. The third kappa shape index (κ3) is 2.03. The van der Waals surface area contributed by atoms with Crippen molar-refractivity contribution in [1.82, 2.24) is 4.90 Å². The number of piperidine rings is 1. The first-order chi connectivity index (χ1) is 9.74. The van der Waals surface area contributed by atoms with Crippen molar-refractivity contribution in [2.75, 3.05) is 6.54 Å². The molecule has 1 atom stereocenters. The summed E-state index contributed by atoms with van der Waals surface area (Å²) in [5, 5.41) is 9.89. The van der Waals surface area contributed by atoms with Crippen LogP contribution in [-0.2, 0) is 10.3 Å². The Kier molecular flexibility index (Phi) is 2.87. The molecular weight excluding hydrogens is 276 g/mol. The highest BCUT2D eigenvalue weighted by molar-refractivity contribution is 5.85. The van der Waals surface area contributed by atoms with Crippen LogP contribution in [0, 0.1) is 17.0 Å². The lowest BCUT2D eigenvalue weighted by atomic mass is 9.72. The topological polar surface area (TPSA) is 40.5 Å². The summed E-state index contributed by atoms with van der Waals surface area (Å²) in [4.78, 5) is 14.1. The predicted octanol–water partition coefficient (Wildman–Crippen LogP) is 3.26. The fourth-order valence-corrected chi connectivity index (χ4v) is 3.33. The minimum atomic E-state index is -0.945. The SMILES string of the molecule is CC1(C)CC[C@]2(c3cc(F)cc(F)c3)C=C(O)CN2C1=O. The number of benzene rings is 1. The maximum absolute atomic E-state index is 13.6. The zero-order valence-electron chi connectivity index (χ0n) is 12.0. The molecule has 0 radical (unpaired) electrons. The van der Waals surface area contributed by atoms with Gasteiger partial charge in [0.25, 0.3) is 0 Å². The Morgan fingerprint density at radius 3 is 2.38 bits per heavy atom. The molecule has 112 valence electrons. The summed E-state index contributed by atoms with van der Waals surface area (Å²) in [5.74, 6) is -1.42. The van der Waals surface area contributed by atoms with E-state index < -0.39 is 22.6 Å². The number of aliphatic hydroxyl groups excluding tert-OH is 1. The summed E-state index contributed by atoms with van der Waals surface area (Å²) in [6.07, 6.45) is 2.66. The Bertz CT molecular complexity index is 633. The highest BCUT2D eigenvalue weighted by Crippen LogP contribution is 2.49. The molecule has 21 heavy (non-hydrogen) atoms. The third-order valence-corrected chi connectivity index (χ3v) is 4.52. The maximum Gasteiger partial charge on any atom is 0.229 e. The molecule has 3 rings (SSSR count). The molecule has 0 saturated carbocycles. The van der Waals surface area contributed by atoms with Crippen LogP contribution >= 0.6 is 0 Å². The summed E-state index contributed by atoms with van der Waals surface area (Å²) < 4.78 is 27.1. The largest absolute Gasteiger partial charge is 0.511 e. The van der Waals surface area contributed by atoms with Crippen LogP contribution in [0.4, 0.5) is 8.78 Å². The van der Waals surface area contributed by atoms with Gasteiger partial charge < -0.3 is 10.0 Å². The van der Waals surface area contributed by atoms with Gasteiger partial charge in [0.15, 0.2) is 0 Å². The van der Waals surface area contributed by atoms with Crippen molar-refractivity contribution < 1.29 is 18.7 Å². The van der Waals surface area contributed by atoms with Gasteiger partial charge in [-0.2, -0.15) is 0 Å². The van der Waals surface area contributed by atoms with Crippen LogP contribution in [0.3, 0.4) is 0 Å². The minimum Gasteiger partial charge on any atom is -0.511 e. The van der Waals surface area contributed by atoms with Gasteiger partial charge in [0, 0.05) is 11.5 Å². The van der Waals surface area contributed by atoms with Crippen LogP contribution in [0.15, 0.2) is 30.0 Å². The zero-order chi connectivity index (χ0) is 15.4. The van der Waals surface area contributed by atoms with Gasteiger partial charge in [0.05, 0.1) is 12.1 Å². The van der Waals surface area contributed by atoms with Gasteiger partial charge in [-0.1, -0.05) is 13.8 Å². The highest BCUT2D eigenvalue weighted by atomic mass is 19.1. The van der Waals surface area contributed by atoms with Crippen molar-refractivity contribution >= 4 is 5.91 Å². The number of carbonyl (C=O) groups excluding carboxylic acids is 1. The van der Waals surface area contributed by atoms with Gasteiger partial charge in [-0.25, -0.2) is 8.78 Å². The number of nitrogens with zero attached hydrogens (tertiary/aromatic N) is 1. The van der Waals surface area contributed by atoms with Gasteiger partial charge in [-0.3, -0.25) is 4.79 Å². The Labute approximate surface area is 121 Å². The maximum atomic E-state index is 13.6. The van der Waals surface area contributed by atoms with E-state index in [-0.39, 0.29) is 18.2 Å². The number of rotatable bonds is 1. The lowest BCUT2D eigenvalue weighted by molar-refractivity contribution is -0.150. The average Bonchev–Trinajstić information content (AvgIpc) is 2.72. The van der Waals surface area contributed by atoms with Gasteiger partial charge in [0.2, 0.25) is 5.91 Å². The molecule has 0 aromatic heterocycles. The fourth-order valence-electron chi connectivity index (χ4n) is 3.33. The molecule has 2 heterocycles. The molecule has 2 aliphatic heterocycles. The molecule has 1 N–H and O–H groups in total. The van der Waals surface area contributed by atoms with Crippen molar-refractivity contribution in [2.24, 2.45) is 5.41 Å². The molecule has 1 aromatic rings. The van der Waals surface area contributed by atoms with E-state index in [0.29, 0.717) is 18.4 Å². The number of aliphatic hydroxyl groups is 1. The third-order valence-electron chi connectivity index (χ3n) is 4.52. The summed E-state index contributed by atoms with van der Waals surface area (Å²) in [7, 11) is 0. The summed E-state index contributed by atoms with van der Waals surface area (Å²) in [5.41, 5.74) is -1.11. The van der Waals surface area contributed by atoms with Crippen LogP contribution in [-0.4, -0.2) is 22.5 Å². The molecule has 5 heteroatoms. The number of hydrogen-bond acceptors (Lipinski definition) is 2. The normalized spacial score (nSPS) is 27.5. The Morgan fingerprint density at radius 2 is 1.76 bits per heavy atom. The molecule has 1 aromatic carbocycles. The van der Waals surface area contributed by atoms with Crippen molar-refractivity contribution in [1.29, 1.82) is 0 Å². The summed E-state index contributed by atoms with van der Waals surface area (Å²) in [6, 6.07) is 3.27. The van der Waals surface area contributed by atoms with E-state index in [9.17, 15) is 18.7 Å². The molecule has 0 unspecified atom stereocenters. The second kappa shape index (κ2) is 4.29. The Hall–Kier alpha value is -1.91. The van der Waals surface area contributed by atoms with E-state index in [1.165, 1.54) is 17.0 Å². The van der Waals surface area contributed by atoms with Crippen molar-refractivity contribution in [3.63, 3.8) is 0 Å². The van der Waals surface area contributed by atoms with Crippen LogP contribution in [0.25, 0.3) is 0 Å². The number of fused-ring (bicyclic) bond motifs is 1. The first-order valence-electron chi connectivity index (χ1n) is 6.94. The van der Waals surface area contributed by atoms with Crippen molar-refractivity contribution in [3.05, 3.63) is 47.2 Å². The molecule has 1 amide bonds. The van der Waals surface area contributed by atoms with E-state index in [1.54, 1.807) is 6.08 Å². The predicted molar refractivity (Wildman–Crippen MR) is 73.5 cm³/mol. The fraction of sp³-hybridized carbons (Fsp3) is 0.438. The number of halogens is 2. The first-order valence-corrected chi connectivity index (χ1v) is 6.94. The van der Waals surface area contributed by atoms with E-state index in [2.05, 4.69) is 0 Å². The zero-order valence-corrected chi connectivity index (χ0v) is 12.0. The number of hydrogen-bond donors (Lipinski definition) is 1. The number of carbonyl (C=O) groups is 1. The molecule has 0 aliphatic carbocycles. The van der Waals surface area contributed by atoms with Crippen LogP contribution in [0.1, 0.15) is 32.3 Å². The molecule has 1 saturated heterocycles. The molecule has 2 aliphatic rings. The quantitative estimate of drug-likeness (QED) is 0.863. The smallest absolute Gasteiger partial charge is 0.229 e. The first kappa shape index (κ1) is 14.0. The summed E-state index contributed by atoms with van der Waals surface area (Å²) >= 11 is 0. The van der Waals surface area contributed by atoms with Crippen LogP contribution in [0.2, 0.25) is 0 Å². The minimum absolute atomic E-state index is 0.0609. The van der Waals surface area contributed by atoms with Crippen molar-refractivity contribution in [2.45, 2.75) is 32.2 Å². The van der Waals surface area contributed by atoms with E-state index in [0.717, 1.165) is 6.07 Å². The average molecular weight is 293 g/mol. The second-order valence-electron chi connectivity index (χ2n) is 6.49. The number of amides is 1. The Balaban J connectivity index is 2.15. The second-order valence-corrected chi connectivity index (χ2v) is 6.49. The van der Waals surface area contributed by atoms with Gasteiger partial charge in [-0.05, 0) is 36.6 Å². The Morgan fingerprint density at radius 1 is 1.14 bits per heavy atom. The molecule has 3 nitrogen and oxygen atoms in total. The summed E-state index contributed by atoms with van der Waals surface area (Å²) in [6.45, 7) is 3.78. The molecule has 0 spiro atoms. The lowest BCUT2D eigenvalue weighted by Crippen LogP contribution is -2.55. The van der Waals surface area contributed by atoms with Crippen LogP contribution in [0.5, 0.6) is 0 Å². The van der Waals surface area contributed by atoms with E-state index >= 15 is 0 Å². The molecule has 0 bridgehead atoms. The lowest BCUT2D eigenvalue weighted by Gasteiger charge is -2.47. The van der Waals surface area contributed by atoms with Gasteiger partial charge in [-0.15, -0.1) is 0 Å². The molecular formula is C16H17F2NO2. The van der Waals surface area contributed by atoms with Crippen LogP contribution < -0.4 is 0 Å². The molecule has 1 fully saturated rings. The highest BCUT2D eigenvalue weighted by Gasteiger charge is 2.52. The van der Waals surface area contributed by atoms with Gasteiger partial charge >= 0.3 is 0 Å². The standard InChI is InChI=1S/C16H17F2NO2/c1-15(2)3-4-16(8-13(20)9-19(16)14(15)21)10-5-11(17)7-12(18)6-10/h5-8,20H,3-4,9H2,1-2H3/t16-/m1/s1.